The van der Waals surface area contributed by atoms with E-state index in [-0.39, 0.29) is 23.2 Å². The summed E-state index contributed by atoms with van der Waals surface area (Å²) < 4.78 is 45.4. The Hall–Kier alpha value is -3.23. The van der Waals surface area contributed by atoms with Crippen LogP contribution in [0.15, 0.2) is 77.7 Å². The van der Waals surface area contributed by atoms with Gasteiger partial charge in [-0.2, -0.15) is 4.31 Å². The summed E-state index contributed by atoms with van der Waals surface area (Å²) in [5, 5.41) is 2.69. The lowest BCUT2D eigenvalue weighted by atomic mass is 10.1. The van der Waals surface area contributed by atoms with Gasteiger partial charge in [0.2, 0.25) is 10.0 Å². The summed E-state index contributed by atoms with van der Waals surface area (Å²) in [5.41, 5.74) is 1.64. The van der Waals surface area contributed by atoms with Crippen molar-refractivity contribution in [1.29, 1.82) is 0 Å². The second-order valence-corrected chi connectivity index (χ2v) is 8.70. The Morgan fingerprint density at radius 1 is 0.968 bits per heavy atom. The van der Waals surface area contributed by atoms with E-state index in [1.165, 1.54) is 47.8 Å². The number of hydrogen-bond donors (Lipinski definition) is 1. The predicted octanol–water partition coefficient (Wildman–Crippen LogP) is 4.30. The molecule has 0 aliphatic carbocycles. The Labute approximate surface area is 181 Å². The number of ether oxygens (including phenoxy) is 1. The Kier molecular flexibility index (Phi) is 7.04. The van der Waals surface area contributed by atoms with Crippen LogP contribution in [0.1, 0.15) is 22.8 Å². The van der Waals surface area contributed by atoms with Gasteiger partial charge in [-0.15, -0.1) is 0 Å². The molecule has 0 fully saturated rings. The number of carbonyl (C=O) groups excluding carboxylic acids is 1. The molecule has 8 heteroatoms. The van der Waals surface area contributed by atoms with Crippen molar-refractivity contribution < 1.29 is 22.3 Å². The van der Waals surface area contributed by atoms with E-state index in [1.54, 1.807) is 43.3 Å². The van der Waals surface area contributed by atoms with Gasteiger partial charge >= 0.3 is 0 Å². The van der Waals surface area contributed by atoms with Crippen LogP contribution < -0.4 is 10.1 Å². The Morgan fingerprint density at radius 2 is 1.58 bits per heavy atom. The largest absolute Gasteiger partial charge is 0.497 e. The van der Waals surface area contributed by atoms with E-state index >= 15 is 0 Å². The van der Waals surface area contributed by atoms with E-state index in [4.69, 9.17) is 4.74 Å². The summed E-state index contributed by atoms with van der Waals surface area (Å²) in [6.07, 6.45) is 0. The van der Waals surface area contributed by atoms with E-state index < -0.39 is 10.0 Å². The molecule has 0 radical (unpaired) electrons. The second kappa shape index (κ2) is 9.72. The number of nitrogens with one attached hydrogen (secondary N) is 1. The van der Waals surface area contributed by atoms with Crippen molar-refractivity contribution in [3.63, 3.8) is 0 Å². The number of amides is 1. The zero-order chi connectivity index (χ0) is 22.4. The fourth-order valence-electron chi connectivity index (χ4n) is 2.97. The molecule has 0 aromatic heterocycles. The molecular formula is C23H23FN2O4S. The number of anilines is 1. The van der Waals surface area contributed by atoms with E-state index in [1.807, 2.05) is 0 Å². The van der Waals surface area contributed by atoms with Gasteiger partial charge in [0.05, 0.1) is 12.0 Å². The molecule has 3 aromatic carbocycles. The highest BCUT2D eigenvalue weighted by atomic mass is 32.2. The Morgan fingerprint density at radius 3 is 2.13 bits per heavy atom. The summed E-state index contributed by atoms with van der Waals surface area (Å²) in [4.78, 5) is 12.5. The molecule has 3 aromatic rings. The van der Waals surface area contributed by atoms with Gasteiger partial charge in [0, 0.05) is 24.3 Å². The first-order valence-corrected chi connectivity index (χ1v) is 11.1. The topological polar surface area (TPSA) is 75.7 Å². The van der Waals surface area contributed by atoms with Gasteiger partial charge in [0.15, 0.2) is 0 Å². The van der Waals surface area contributed by atoms with Crippen LogP contribution in [0.25, 0.3) is 0 Å². The van der Waals surface area contributed by atoms with Crippen LogP contribution in [0.4, 0.5) is 10.1 Å². The van der Waals surface area contributed by atoms with E-state index in [2.05, 4.69) is 5.32 Å². The fourth-order valence-corrected chi connectivity index (χ4v) is 4.40. The molecule has 162 valence electrons. The van der Waals surface area contributed by atoms with Crippen molar-refractivity contribution in [2.75, 3.05) is 19.0 Å². The molecule has 1 amide bonds. The Balaban J connectivity index is 1.70. The smallest absolute Gasteiger partial charge is 0.255 e. The maximum atomic E-state index is 13.0. The standard InChI is InChI=1S/C23H23FN2O4S/c1-3-26(31(28,29)22-14-12-21(30-2)13-15-22)16-17-4-6-18(7-5-17)23(27)25-20-10-8-19(24)9-11-20/h4-15H,3,16H2,1-2H3,(H,25,27). The minimum atomic E-state index is -3.68. The Bertz CT molecular complexity index is 1130. The van der Waals surface area contributed by atoms with Crippen LogP contribution in [-0.2, 0) is 16.6 Å². The summed E-state index contributed by atoms with van der Waals surface area (Å²) >= 11 is 0. The molecule has 3 rings (SSSR count). The van der Waals surface area contributed by atoms with E-state index in [9.17, 15) is 17.6 Å². The lowest BCUT2D eigenvalue weighted by Gasteiger charge is -2.21. The molecule has 0 saturated heterocycles. The van der Waals surface area contributed by atoms with Crippen LogP contribution in [0.2, 0.25) is 0 Å². The second-order valence-electron chi connectivity index (χ2n) is 6.76. The molecule has 1 N–H and O–H groups in total. The minimum Gasteiger partial charge on any atom is -0.497 e. The number of halogens is 1. The van der Waals surface area contributed by atoms with Gasteiger partial charge in [0.1, 0.15) is 11.6 Å². The molecular weight excluding hydrogens is 419 g/mol. The number of carbonyl (C=O) groups is 1. The fraction of sp³-hybridized carbons (Fsp3) is 0.174. The number of nitrogens with zero attached hydrogens (tertiary/aromatic N) is 1. The number of rotatable bonds is 8. The molecule has 0 heterocycles. The first-order valence-electron chi connectivity index (χ1n) is 9.63. The molecule has 0 spiro atoms. The number of benzene rings is 3. The predicted molar refractivity (Wildman–Crippen MR) is 117 cm³/mol. The van der Waals surface area contributed by atoms with Crippen molar-refractivity contribution in [3.05, 3.63) is 89.7 Å². The van der Waals surface area contributed by atoms with Crippen LogP contribution in [-0.4, -0.2) is 32.3 Å². The van der Waals surface area contributed by atoms with Gasteiger partial charge in [-0.3, -0.25) is 4.79 Å². The highest BCUT2D eigenvalue weighted by Crippen LogP contribution is 2.21. The van der Waals surface area contributed by atoms with E-state index in [0.717, 1.165) is 5.56 Å². The van der Waals surface area contributed by atoms with Crippen molar-refractivity contribution in [3.8, 4) is 5.75 Å². The summed E-state index contributed by atoms with van der Waals surface area (Å²) in [7, 11) is -2.16. The lowest BCUT2D eigenvalue weighted by Crippen LogP contribution is -2.30. The third-order valence-corrected chi connectivity index (χ3v) is 6.66. The van der Waals surface area contributed by atoms with Gasteiger partial charge in [-0.1, -0.05) is 19.1 Å². The van der Waals surface area contributed by atoms with Crippen LogP contribution in [0.5, 0.6) is 5.75 Å². The molecule has 0 bridgehead atoms. The van der Waals surface area contributed by atoms with Crippen molar-refractivity contribution in [1.82, 2.24) is 4.31 Å². The van der Waals surface area contributed by atoms with Crippen molar-refractivity contribution in [2.45, 2.75) is 18.4 Å². The summed E-state index contributed by atoms with van der Waals surface area (Å²) in [5.74, 6) is -0.139. The highest BCUT2D eigenvalue weighted by molar-refractivity contribution is 7.89. The zero-order valence-electron chi connectivity index (χ0n) is 17.2. The summed E-state index contributed by atoms with van der Waals surface area (Å²) in [6, 6.07) is 18.4. The third-order valence-electron chi connectivity index (χ3n) is 4.73. The quantitative estimate of drug-likeness (QED) is 0.565. The molecule has 0 atom stereocenters. The first kappa shape index (κ1) is 22.5. The highest BCUT2D eigenvalue weighted by Gasteiger charge is 2.23. The number of sulfonamides is 1. The SMILES string of the molecule is CCN(Cc1ccc(C(=O)Nc2ccc(F)cc2)cc1)S(=O)(=O)c1ccc(OC)cc1. The maximum absolute atomic E-state index is 13.0. The number of methoxy groups -OCH3 is 1. The van der Waals surface area contributed by atoms with Gasteiger partial charge < -0.3 is 10.1 Å². The average Bonchev–Trinajstić information content (AvgIpc) is 2.79. The van der Waals surface area contributed by atoms with Gasteiger partial charge in [-0.25, -0.2) is 12.8 Å². The van der Waals surface area contributed by atoms with Crippen LogP contribution >= 0.6 is 0 Å². The van der Waals surface area contributed by atoms with Crippen molar-refractivity contribution >= 4 is 21.6 Å². The maximum Gasteiger partial charge on any atom is 0.255 e. The molecule has 31 heavy (non-hydrogen) atoms. The average molecular weight is 443 g/mol. The molecule has 0 saturated carbocycles. The molecule has 0 aliphatic heterocycles. The molecule has 6 nitrogen and oxygen atoms in total. The van der Waals surface area contributed by atoms with Crippen molar-refractivity contribution in [2.24, 2.45) is 0 Å². The lowest BCUT2D eigenvalue weighted by molar-refractivity contribution is 0.102. The molecule has 0 unspecified atom stereocenters. The van der Waals surface area contributed by atoms with E-state index in [0.29, 0.717) is 23.5 Å². The monoisotopic (exact) mass is 442 g/mol. The summed E-state index contributed by atoms with van der Waals surface area (Å²) in [6.45, 7) is 2.23. The minimum absolute atomic E-state index is 0.171. The van der Waals surface area contributed by atoms with Crippen LogP contribution in [0.3, 0.4) is 0 Å². The first-order chi connectivity index (χ1) is 14.8. The molecule has 0 aliphatic rings. The normalized spacial score (nSPS) is 11.4. The van der Waals surface area contributed by atoms with Gasteiger partial charge in [0.25, 0.3) is 5.91 Å². The number of hydrogen-bond acceptors (Lipinski definition) is 4. The van der Waals surface area contributed by atoms with Crippen LogP contribution in [0, 0.1) is 5.82 Å². The zero-order valence-corrected chi connectivity index (χ0v) is 18.0. The van der Waals surface area contributed by atoms with Gasteiger partial charge in [-0.05, 0) is 66.2 Å². The third kappa shape index (κ3) is 5.48.